The van der Waals surface area contributed by atoms with Crippen LogP contribution in [-0.2, 0) is 0 Å². The number of hydrogen-bond acceptors (Lipinski definition) is 2. The molecule has 110 valence electrons. The van der Waals surface area contributed by atoms with E-state index in [1.807, 2.05) is 12.1 Å². The van der Waals surface area contributed by atoms with E-state index in [9.17, 15) is 0 Å². The number of nitrogens with one attached hydrogen (secondary N) is 2. The Morgan fingerprint density at radius 3 is 2.33 bits per heavy atom. The molecule has 0 unspecified atom stereocenters. The summed E-state index contributed by atoms with van der Waals surface area (Å²) in [6, 6.07) is 11.5. The van der Waals surface area contributed by atoms with Crippen molar-refractivity contribution in [1.82, 2.24) is 0 Å². The van der Waals surface area contributed by atoms with Crippen LogP contribution in [0.4, 0.5) is 11.4 Å². The van der Waals surface area contributed by atoms with Crippen LogP contribution in [0.15, 0.2) is 36.4 Å². The second-order valence-corrected chi connectivity index (χ2v) is 5.64. The Labute approximate surface area is 135 Å². The normalized spacial score (nSPS) is 10.1. The monoisotopic (exact) mass is 320 g/mol. The Balaban J connectivity index is 2.13. The van der Waals surface area contributed by atoms with E-state index >= 15 is 0 Å². The summed E-state index contributed by atoms with van der Waals surface area (Å²) in [5.41, 5.74) is 4.04. The van der Waals surface area contributed by atoms with Crippen LogP contribution in [-0.4, -0.2) is 12.2 Å². The smallest absolute Gasteiger partial charge is 0.175 e. The minimum absolute atomic E-state index is 0.487. The van der Waals surface area contributed by atoms with Gasteiger partial charge in [0.1, 0.15) is 5.75 Å². The standard InChI is InChI=1S/C16H17ClN2OS/c1-10-6-11(2)8-13(7-10)18-16(21)19-14-9-12(17)4-5-15(14)20-3/h4-9H,1-3H3,(H2,18,19,21). The van der Waals surface area contributed by atoms with Crippen LogP contribution >= 0.6 is 23.8 Å². The molecule has 2 aromatic carbocycles. The Hall–Kier alpha value is -1.78. The average molecular weight is 321 g/mol. The van der Waals surface area contributed by atoms with E-state index in [-0.39, 0.29) is 0 Å². The van der Waals surface area contributed by atoms with Crippen LogP contribution in [0.1, 0.15) is 11.1 Å². The molecule has 5 heteroatoms. The summed E-state index contributed by atoms with van der Waals surface area (Å²) in [5.74, 6) is 0.684. The summed E-state index contributed by atoms with van der Waals surface area (Å²) in [4.78, 5) is 0. The molecule has 2 aromatic rings. The van der Waals surface area contributed by atoms with Gasteiger partial charge in [-0.05, 0) is 67.5 Å². The molecule has 2 rings (SSSR count). The number of methoxy groups -OCH3 is 1. The first kappa shape index (κ1) is 15.6. The van der Waals surface area contributed by atoms with Gasteiger partial charge in [0.05, 0.1) is 12.8 Å². The first-order valence-electron chi connectivity index (χ1n) is 6.48. The molecule has 0 fully saturated rings. The van der Waals surface area contributed by atoms with Gasteiger partial charge in [-0.25, -0.2) is 0 Å². The predicted octanol–water partition coefficient (Wildman–Crippen LogP) is 4.77. The van der Waals surface area contributed by atoms with Gasteiger partial charge in [-0.3, -0.25) is 0 Å². The van der Waals surface area contributed by atoms with Gasteiger partial charge >= 0.3 is 0 Å². The molecule has 0 bridgehead atoms. The minimum atomic E-state index is 0.487. The fourth-order valence-electron chi connectivity index (χ4n) is 2.11. The summed E-state index contributed by atoms with van der Waals surface area (Å²) < 4.78 is 5.28. The van der Waals surface area contributed by atoms with E-state index in [0.717, 1.165) is 11.4 Å². The van der Waals surface area contributed by atoms with Crippen molar-refractivity contribution in [2.24, 2.45) is 0 Å². The lowest BCUT2D eigenvalue weighted by Crippen LogP contribution is -2.19. The Morgan fingerprint density at radius 1 is 1.05 bits per heavy atom. The number of ether oxygens (including phenoxy) is 1. The fraction of sp³-hybridized carbons (Fsp3) is 0.188. The molecule has 0 saturated carbocycles. The number of benzene rings is 2. The first-order chi connectivity index (χ1) is 9.97. The average Bonchev–Trinajstić information content (AvgIpc) is 2.37. The quantitative estimate of drug-likeness (QED) is 0.798. The molecule has 0 aliphatic rings. The summed E-state index contributed by atoms with van der Waals surface area (Å²) in [7, 11) is 1.61. The van der Waals surface area contributed by atoms with E-state index in [4.69, 9.17) is 28.6 Å². The van der Waals surface area contributed by atoms with Crippen molar-refractivity contribution in [3.63, 3.8) is 0 Å². The highest BCUT2D eigenvalue weighted by Crippen LogP contribution is 2.27. The van der Waals surface area contributed by atoms with Crippen molar-refractivity contribution in [3.05, 3.63) is 52.5 Å². The van der Waals surface area contributed by atoms with Gasteiger partial charge < -0.3 is 15.4 Å². The molecule has 0 spiro atoms. The highest BCUT2D eigenvalue weighted by atomic mass is 35.5. The van der Waals surface area contributed by atoms with Crippen molar-refractivity contribution in [2.45, 2.75) is 13.8 Å². The molecular weight excluding hydrogens is 304 g/mol. The van der Waals surface area contributed by atoms with Crippen LogP contribution in [0, 0.1) is 13.8 Å². The first-order valence-corrected chi connectivity index (χ1v) is 7.26. The topological polar surface area (TPSA) is 33.3 Å². The third-order valence-corrected chi connectivity index (χ3v) is 3.33. The van der Waals surface area contributed by atoms with E-state index in [2.05, 4.69) is 30.5 Å². The molecule has 0 atom stereocenters. The van der Waals surface area contributed by atoms with Crippen molar-refractivity contribution in [3.8, 4) is 5.75 Å². The third-order valence-electron chi connectivity index (χ3n) is 2.89. The van der Waals surface area contributed by atoms with Gasteiger partial charge in [-0.1, -0.05) is 17.7 Å². The van der Waals surface area contributed by atoms with Crippen LogP contribution in [0.25, 0.3) is 0 Å². The maximum Gasteiger partial charge on any atom is 0.175 e. The van der Waals surface area contributed by atoms with E-state index in [1.54, 1.807) is 25.3 Å². The Kier molecular flexibility index (Phi) is 5.04. The molecule has 0 aliphatic heterocycles. The van der Waals surface area contributed by atoms with Gasteiger partial charge in [0.2, 0.25) is 0 Å². The second kappa shape index (κ2) is 6.78. The fourth-order valence-corrected chi connectivity index (χ4v) is 2.51. The summed E-state index contributed by atoms with van der Waals surface area (Å²) in [6.45, 7) is 4.10. The van der Waals surface area contributed by atoms with E-state index in [1.165, 1.54) is 11.1 Å². The number of hydrogen-bond donors (Lipinski definition) is 2. The SMILES string of the molecule is COc1ccc(Cl)cc1NC(=S)Nc1cc(C)cc(C)c1. The third kappa shape index (κ3) is 4.34. The van der Waals surface area contributed by atoms with Crippen molar-refractivity contribution < 1.29 is 4.74 Å². The molecular formula is C16H17ClN2OS. The van der Waals surface area contributed by atoms with Crippen molar-refractivity contribution in [1.29, 1.82) is 0 Å². The number of halogens is 1. The van der Waals surface area contributed by atoms with Gasteiger partial charge in [0.15, 0.2) is 5.11 Å². The van der Waals surface area contributed by atoms with Crippen molar-refractivity contribution in [2.75, 3.05) is 17.7 Å². The Bertz CT molecular complexity index is 653. The zero-order valence-corrected chi connectivity index (χ0v) is 13.7. The van der Waals surface area contributed by atoms with Crippen LogP contribution < -0.4 is 15.4 Å². The van der Waals surface area contributed by atoms with E-state index in [0.29, 0.717) is 15.9 Å². The molecule has 0 radical (unpaired) electrons. The molecule has 0 heterocycles. The van der Waals surface area contributed by atoms with Crippen molar-refractivity contribution >= 4 is 40.3 Å². The molecule has 21 heavy (non-hydrogen) atoms. The lowest BCUT2D eigenvalue weighted by Gasteiger charge is -2.14. The van der Waals surface area contributed by atoms with Gasteiger partial charge in [-0.15, -0.1) is 0 Å². The number of thiocarbonyl (C=S) groups is 1. The highest BCUT2D eigenvalue weighted by molar-refractivity contribution is 7.80. The zero-order chi connectivity index (χ0) is 15.4. The van der Waals surface area contributed by atoms with E-state index < -0.39 is 0 Å². The molecule has 2 N–H and O–H groups in total. The van der Waals surface area contributed by atoms with Crippen LogP contribution in [0.3, 0.4) is 0 Å². The molecule has 0 saturated heterocycles. The number of aryl methyl sites for hydroxylation is 2. The predicted molar refractivity (Wildman–Crippen MR) is 93.8 cm³/mol. The summed E-state index contributed by atoms with van der Waals surface area (Å²) in [6.07, 6.45) is 0. The molecule has 0 aromatic heterocycles. The summed E-state index contributed by atoms with van der Waals surface area (Å²) in [5, 5.41) is 7.37. The molecule has 0 aliphatic carbocycles. The maximum atomic E-state index is 6.00. The van der Waals surface area contributed by atoms with Gasteiger partial charge in [-0.2, -0.15) is 0 Å². The number of rotatable bonds is 3. The van der Waals surface area contributed by atoms with Gasteiger partial charge in [0, 0.05) is 10.7 Å². The zero-order valence-electron chi connectivity index (χ0n) is 12.2. The highest BCUT2D eigenvalue weighted by Gasteiger charge is 2.06. The molecule has 3 nitrogen and oxygen atoms in total. The summed E-state index contributed by atoms with van der Waals surface area (Å²) >= 11 is 11.3. The lowest BCUT2D eigenvalue weighted by molar-refractivity contribution is 0.417. The number of anilines is 2. The van der Waals surface area contributed by atoms with Gasteiger partial charge in [0.25, 0.3) is 0 Å². The lowest BCUT2D eigenvalue weighted by atomic mass is 10.1. The van der Waals surface area contributed by atoms with Crippen LogP contribution in [0.5, 0.6) is 5.75 Å². The second-order valence-electron chi connectivity index (χ2n) is 4.80. The largest absolute Gasteiger partial charge is 0.495 e. The minimum Gasteiger partial charge on any atom is -0.495 e. The maximum absolute atomic E-state index is 6.00. The van der Waals surface area contributed by atoms with Crippen LogP contribution in [0.2, 0.25) is 5.02 Å². The molecule has 0 amide bonds. The Morgan fingerprint density at radius 2 is 1.71 bits per heavy atom.